The Morgan fingerprint density at radius 3 is 2.47 bits per heavy atom. The van der Waals surface area contributed by atoms with Crippen molar-refractivity contribution < 1.29 is 28.2 Å². The number of fused-ring (bicyclic) bond motifs is 1. The summed E-state index contributed by atoms with van der Waals surface area (Å²) in [5, 5.41) is 3.93. The predicted octanol–water partition coefficient (Wildman–Crippen LogP) is 6.50. The first kappa shape index (κ1) is 26.8. The largest absolute Gasteiger partial charge is 0.497 e. The Labute approximate surface area is 222 Å². The number of rotatable bonds is 11. The number of amides is 1. The third kappa shape index (κ3) is 6.35. The van der Waals surface area contributed by atoms with Crippen LogP contribution in [0.3, 0.4) is 0 Å². The van der Waals surface area contributed by atoms with Crippen LogP contribution in [-0.2, 0) is 15.1 Å². The zero-order valence-corrected chi connectivity index (χ0v) is 22.2. The van der Waals surface area contributed by atoms with Crippen LogP contribution in [0.1, 0.15) is 49.5 Å². The number of methoxy groups -OCH3 is 1. The van der Waals surface area contributed by atoms with E-state index in [9.17, 15) is 9.59 Å². The van der Waals surface area contributed by atoms with Crippen LogP contribution in [0.5, 0.6) is 11.5 Å². The Bertz CT molecular complexity index is 1400. The van der Waals surface area contributed by atoms with E-state index < -0.39 is 5.54 Å². The van der Waals surface area contributed by atoms with Gasteiger partial charge in [-0.25, -0.2) is 0 Å². The summed E-state index contributed by atoms with van der Waals surface area (Å²) in [7, 11) is 1.62. The second-order valence-corrected chi connectivity index (χ2v) is 9.42. The van der Waals surface area contributed by atoms with Crippen molar-refractivity contribution in [2.24, 2.45) is 0 Å². The van der Waals surface area contributed by atoms with Crippen molar-refractivity contribution in [2.75, 3.05) is 20.3 Å². The number of ether oxygens (including phenoxy) is 3. The van der Waals surface area contributed by atoms with E-state index in [1.54, 1.807) is 26.2 Å². The summed E-state index contributed by atoms with van der Waals surface area (Å²) in [5.41, 5.74) is 2.39. The summed E-state index contributed by atoms with van der Waals surface area (Å²) in [6.07, 6.45) is 0.861. The van der Waals surface area contributed by atoms with Gasteiger partial charge in [0.15, 0.2) is 0 Å². The Kier molecular flexibility index (Phi) is 8.36. The van der Waals surface area contributed by atoms with Gasteiger partial charge in [0.25, 0.3) is 5.91 Å². The molecule has 1 N–H and O–H groups in total. The number of benzene rings is 3. The van der Waals surface area contributed by atoms with Crippen LogP contribution in [0, 0.1) is 0 Å². The highest BCUT2D eigenvalue weighted by molar-refractivity contribution is 5.99. The van der Waals surface area contributed by atoms with E-state index in [0.29, 0.717) is 48.7 Å². The Balaban J connectivity index is 1.48. The highest BCUT2D eigenvalue weighted by atomic mass is 16.5. The molecule has 1 amide bonds. The van der Waals surface area contributed by atoms with Gasteiger partial charge in [-0.3, -0.25) is 9.59 Å². The van der Waals surface area contributed by atoms with Crippen molar-refractivity contribution in [3.63, 3.8) is 0 Å². The van der Waals surface area contributed by atoms with E-state index in [-0.39, 0.29) is 11.9 Å². The van der Waals surface area contributed by atoms with Crippen LogP contribution >= 0.6 is 0 Å². The van der Waals surface area contributed by atoms with Crippen LogP contribution in [0.4, 0.5) is 0 Å². The minimum Gasteiger partial charge on any atom is -0.497 e. The number of hydrogen-bond acceptors (Lipinski definition) is 6. The first-order valence-corrected chi connectivity index (χ1v) is 12.7. The predicted molar refractivity (Wildman–Crippen MR) is 146 cm³/mol. The molecule has 7 nitrogen and oxygen atoms in total. The van der Waals surface area contributed by atoms with Crippen molar-refractivity contribution in [1.29, 1.82) is 0 Å². The normalized spacial score (nSPS) is 11.3. The fourth-order valence-electron chi connectivity index (χ4n) is 4.18. The van der Waals surface area contributed by atoms with Crippen molar-refractivity contribution in [3.05, 3.63) is 83.9 Å². The number of nitrogens with one attached hydrogen (secondary N) is 1. The van der Waals surface area contributed by atoms with Gasteiger partial charge in [0.1, 0.15) is 22.8 Å². The minimum atomic E-state index is -0.580. The summed E-state index contributed by atoms with van der Waals surface area (Å²) in [4.78, 5) is 24.7. The summed E-state index contributed by atoms with van der Waals surface area (Å²) < 4.78 is 22.2. The standard InChI is InChI=1S/C31H33NO6/c1-5-36-29(33)11-8-18-37-27-10-7-6-9-25(27)28-20-22-19-21(12-17-26(22)38-28)30(34)32-31(2,3)23-13-15-24(35-4)16-14-23/h6-7,9-10,12-17,19-20H,5,8,11,18H2,1-4H3,(H,32,34). The zero-order chi connectivity index (χ0) is 27.1. The number of carbonyl (C=O) groups is 2. The van der Waals surface area contributed by atoms with Crippen LogP contribution in [0.15, 0.2) is 77.2 Å². The van der Waals surface area contributed by atoms with Gasteiger partial charge in [0.2, 0.25) is 0 Å². The molecule has 0 aliphatic heterocycles. The number of hydrogen-bond donors (Lipinski definition) is 1. The molecule has 0 saturated heterocycles. The molecule has 0 bridgehead atoms. The molecule has 0 radical (unpaired) electrons. The Morgan fingerprint density at radius 2 is 1.74 bits per heavy atom. The van der Waals surface area contributed by atoms with Crippen LogP contribution in [-0.4, -0.2) is 32.2 Å². The molecule has 0 aliphatic rings. The Hall–Kier alpha value is -4.26. The topological polar surface area (TPSA) is 87.0 Å². The fraction of sp³-hybridized carbons (Fsp3) is 0.290. The van der Waals surface area contributed by atoms with Gasteiger partial charge in [-0.1, -0.05) is 24.3 Å². The van der Waals surface area contributed by atoms with Crippen molar-refractivity contribution in [3.8, 4) is 22.8 Å². The number of esters is 1. The van der Waals surface area contributed by atoms with Gasteiger partial charge in [0.05, 0.1) is 31.4 Å². The molecule has 0 spiro atoms. The molecular weight excluding hydrogens is 482 g/mol. The van der Waals surface area contributed by atoms with Gasteiger partial charge < -0.3 is 23.9 Å². The van der Waals surface area contributed by atoms with E-state index in [2.05, 4.69) is 5.32 Å². The summed E-state index contributed by atoms with van der Waals surface area (Å²) in [5.74, 6) is 1.65. The lowest BCUT2D eigenvalue weighted by Gasteiger charge is -2.27. The summed E-state index contributed by atoms with van der Waals surface area (Å²) >= 11 is 0. The van der Waals surface area contributed by atoms with Crippen molar-refractivity contribution in [2.45, 2.75) is 39.2 Å². The molecule has 38 heavy (non-hydrogen) atoms. The molecule has 198 valence electrons. The first-order chi connectivity index (χ1) is 18.3. The molecule has 4 rings (SSSR count). The average Bonchev–Trinajstić information content (AvgIpc) is 3.34. The fourth-order valence-corrected chi connectivity index (χ4v) is 4.18. The van der Waals surface area contributed by atoms with E-state index in [4.69, 9.17) is 18.6 Å². The molecule has 0 saturated carbocycles. The van der Waals surface area contributed by atoms with E-state index in [1.807, 2.05) is 74.5 Å². The second-order valence-electron chi connectivity index (χ2n) is 9.42. The third-order valence-corrected chi connectivity index (χ3v) is 6.26. The molecule has 7 heteroatoms. The lowest BCUT2D eigenvalue weighted by atomic mass is 9.93. The Morgan fingerprint density at radius 1 is 0.974 bits per heavy atom. The average molecular weight is 516 g/mol. The van der Waals surface area contributed by atoms with Gasteiger partial charge in [-0.15, -0.1) is 0 Å². The van der Waals surface area contributed by atoms with Gasteiger partial charge in [0, 0.05) is 17.4 Å². The van der Waals surface area contributed by atoms with Gasteiger partial charge in [-0.2, -0.15) is 0 Å². The lowest BCUT2D eigenvalue weighted by molar-refractivity contribution is -0.143. The van der Waals surface area contributed by atoms with Gasteiger partial charge in [-0.05, 0) is 81.3 Å². The maximum absolute atomic E-state index is 13.1. The molecule has 1 aromatic heterocycles. The minimum absolute atomic E-state index is 0.180. The molecule has 0 fully saturated rings. The van der Waals surface area contributed by atoms with E-state index in [1.165, 1.54) is 0 Å². The summed E-state index contributed by atoms with van der Waals surface area (Å²) in [6, 6.07) is 22.5. The molecule has 0 aliphatic carbocycles. The smallest absolute Gasteiger partial charge is 0.305 e. The second kappa shape index (κ2) is 11.9. The maximum Gasteiger partial charge on any atom is 0.305 e. The molecule has 0 unspecified atom stereocenters. The molecule has 4 aromatic rings. The van der Waals surface area contributed by atoms with Crippen LogP contribution in [0.25, 0.3) is 22.3 Å². The van der Waals surface area contributed by atoms with Crippen LogP contribution < -0.4 is 14.8 Å². The summed E-state index contributed by atoms with van der Waals surface area (Å²) in [6.45, 7) is 6.47. The maximum atomic E-state index is 13.1. The van der Waals surface area contributed by atoms with Crippen molar-refractivity contribution >= 4 is 22.8 Å². The first-order valence-electron chi connectivity index (χ1n) is 12.7. The monoisotopic (exact) mass is 515 g/mol. The number of carbonyl (C=O) groups excluding carboxylic acids is 2. The SMILES string of the molecule is CCOC(=O)CCCOc1ccccc1-c1cc2cc(C(=O)NC(C)(C)c3ccc(OC)cc3)ccc2o1. The highest BCUT2D eigenvalue weighted by Crippen LogP contribution is 2.34. The quantitative estimate of drug-likeness (QED) is 0.181. The van der Waals surface area contributed by atoms with Gasteiger partial charge >= 0.3 is 5.97 Å². The lowest BCUT2D eigenvalue weighted by Crippen LogP contribution is -2.40. The highest BCUT2D eigenvalue weighted by Gasteiger charge is 2.24. The van der Waals surface area contributed by atoms with Crippen molar-refractivity contribution in [1.82, 2.24) is 5.32 Å². The molecule has 3 aromatic carbocycles. The molecule has 1 heterocycles. The zero-order valence-electron chi connectivity index (χ0n) is 22.2. The third-order valence-electron chi connectivity index (χ3n) is 6.26. The van der Waals surface area contributed by atoms with E-state index in [0.717, 1.165) is 22.3 Å². The number of para-hydroxylation sites is 1. The molecule has 0 atom stereocenters. The van der Waals surface area contributed by atoms with Crippen LogP contribution in [0.2, 0.25) is 0 Å². The molecular formula is C31H33NO6. The van der Waals surface area contributed by atoms with E-state index >= 15 is 0 Å². The number of furan rings is 1.